The van der Waals surface area contributed by atoms with Gasteiger partial charge < -0.3 is 13.7 Å². The van der Waals surface area contributed by atoms with Gasteiger partial charge in [-0.1, -0.05) is 35.9 Å². The maximum Gasteiger partial charge on any atom is 0.290 e. The maximum atomic E-state index is 13.8. The van der Waals surface area contributed by atoms with Gasteiger partial charge in [0.15, 0.2) is 5.43 Å². The first kappa shape index (κ1) is 21.2. The van der Waals surface area contributed by atoms with Gasteiger partial charge in [0.25, 0.3) is 5.91 Å². The van der Waals surface area contributed by atoms with Crippen molar-refractivity contribution in [3.8, 4) is 0 Å². The maximum absolute atomic E-state index is 13.8. The SMILES string of the molecule is O=C1c2oc3ccccc3c(=O)c2[C@@H](c2cccc(Cl)c2)N1C[C@@H](c1ccco1)N1CCCC1. The molecule has 0 saturated carbocycles. The lowest BCUT2D eigenvalue weighted by atomic mass is 9.98. The van der Waals surface area contributed by atoms with Crippen molar-refractivity contribution in [1.29, 1.82) is 0 Å². The van der Waals surface area contributed by atoms with Crippen LogP contribution < -0.4 is 5.43 Å². The molecule has 34 heavy (non-hydrogen) atoms. The second-order valence-corrected chi connectivity index (χ2v) is 9.30. The number of fused-ring (bicyclic) bond motifs is 2. The molecule has 2 aliphatic heterocycles. The molecule has 0 radical (unpaired) electrons. The van der Waals surface area contributed by atoms with Crippen LogP contribution in [0.25, 0.3) is 11.0 Å². The summed E-state index contributed by atoms with van der Waals surface area (Å²) in [7, 11) is 0. The number of furan rings is 1. The number of likely N-dealkylation sites (tertiary alicyclic amines) is 1. The fraction of sp³-hybridized carbons (Fsp3) is 0.259. The first-order chi connectivity index (χ1) is 16.6. The van der Waals surface area contributed by atoms with Crippen molar-refractivity contribution in [3.05, 3.63) is 105 Å². The highest BCUT2D eigenvalue weighted by Gasteiger charge is 2.44. The van der Waals surface area contributed by atoms with E-state index in [9.17, 15) is 9.59 Å². The Morgan fingerprint density at radius 2 is 1.82 bits per heavy atom. The summed E-state index contributed by atoms with van der Waals surface area (Å²) in [6, 6.07) is 17.5. The molecular weight excluding hydrogens is 452 g/mol. The molecule has 4 aromatic rings. The molecule has 4 heterocycles. The van der Waals surface area contributed by atoms with Gasteiger partial charge >= 0.3 is 0 Å². The molecule has 0 spiro atoms. The topological polar surface area (TPSA) is 66.9 Å². The van der Waals surface area contributed by atoms with Crippen molar-refractivity contribution >= 4 is 28.5 Å². The van der Waals surface area contributed by atoms with Gasteiger partial charge in [-0.2, -0.15) is 0 Å². The van der Waals surface area contributed by atoms with E-state index >= 15 is 0 Å². The van der Waals surface area contributed by atoms with E-state index < -0.39 is 6.04 Å². The average Bonchev–Trinajstić information content (AvgIpc) is 3.60. The quantitative estimate of drug-likeness (QED) is 0.386. The third-order valence-electron chi connectivity index (χ3n) is 6.86. The van der Waals surface area contributed by atoms with Crippen LogP contribution in [-0.4, -0.2) is 35.3 Å². The second kappa shape index (κ2) is 8.46. The van der Waals surface area contributed by atoms with Crippen molar-refractivity contribution in [2.24, 2.45) is 0 Å². The van der Waals surface area contributed by atoms with Crippen molar-refractivity contribution in [1.82, 2.24) is 9.80 Å². The van der Waals surface area contributed by atoms with Crippen LogP contribution in [0.15, 0.2) is 80.6 Å². The smallest absolute Gasteiger partial charge is 0.290 e. The molecule has 7 heteroatoms. The minimum absolute atomic E-state index is 0.105. The Balaban J connectivity index is 1.51. The number of para-hydroxylation sites is 1. The molecule has 6 rings (SSSR count). The number of halogens is 1. The minimum atomic E-state index is -0.595. The molecule has 0 aliphatic carbocycles. The largest absolute Gasteiger partial charge is 0.468 e. The molecule has 2 aliphatic rings. The molecular formula is C27H23ClN2O4. The Morgan fingerprint density at radius 1 is 1.00 bits per heavy atom. The zero-order chi connectivity index (χ0) is 23.2. The third kappa shape index (κ3) is 3.45. The Hall–Kier alpha value is -3.35. The van der Waals surface area contributed by atoms with Crippen molar-refractivity contribution in [2.45, 2.75) is 24.9 Å². The molecule has 2 aromatic carbocycles. The third-order valence-corrected chi connectivity index (χ3v) is 7.10. The average molecular weight is 475 g/mol. The summed E-state index contributed by atoms with van der Waals surface area (Å²) in [6.07, 6.45) is 3.87. The van der Waals surface area contributed by atoms with Crippen molar-refractivity contribution in [2.75, 3.05) is 19.6 Å². The first-order valence-electron chi connectivity index (χ1n) is 11.5. The van der Waals surface area contributed by atoms with Crippen molar-refractivity contribution in [3.63, 3.8) is 0 Å². The molecule has 1 amide bonds. The first-order valence-corrected chi connectivity index (χ1v) is 11.9. The van der Waals surface area contributed by atoms with Gasteiger partial charge in [-0.3, -0.25) is 14.5 Å². The zero-order valence-corrected chi connectivity index (χ0v) is 19.2. The van der Waals surface area contributed by atoms with Crippen LogP contribution in [0.4, 0.5) is 0 Å². The van der Waals surface area contributed by atoms with Crippen LogP contribution in [0.2, 0.25) is 5.02 Å². The lowest BCUT2D eigenvalue weighted by molar-refractivity contribution is 0.0644. The van der Waals surface area contributed by atoms with Crippen LogP contribution in [0, 0.1) is 0 Å². The fourth-order valence-electron chi connectivity index (χ4n) is 5.28. The Morgan fingerprint density at radius 3 is 2.59 bits per heavy atom. The van der Waals surface area contributed by atoms with E-state index in [1.165, 1.54) is 0 Å². The summed E-state index contributed by atoms with van der Waals surface area (Å²) in [5, 5.41) is 1.01. The second-order valence-electron chi connectivity index (χ2n) is 8.86. The molecule has 1 saturated heterocycles. The molecule has 6 nitrogen and oxygen atoms in total. The summed E-state index contributed by atoms with van der Waals surface area (Å²) in [5.41, 5.74) is 1.37. The summed E-state index contributed by atoms with van der Waals surface area (Å²) >= 11 is 6.33. The van der Waals surface area contributed by atoms with Gasteiger partial charge in [0.05, 0.1) is 29.3 Å². The molecule has 2 aromatic heterocycles. The summed E-state index contributed by atoms with van der Waals surface area (Å²) < 4.78 is 11.8. The van der Waals surface area contributed by atoms with Crippen LogP contribution >= 0.6 is 11.6 Å². The number of rotatable bonds is 5. The minimum Gasteiger partial charge on any atom is -0.468 e. The zero-order valence-electron chi connectivity index (χ0n) is 18.4. The summed E-state index contributed by atoms with van der Waals surface area (Å²) in [4.78, 5) is 31.5. The van der Waals surface area contributed by atoms with E-state index in [0.717, 1.165) is 37.3 Å². The highest BCUT2D eigenvalue weighted by molar-refractivity contribution is 6.30. The Bertz CT molecular complexity index is 1420. The lowest BCUT2D eigenvalue weighted by Crippen LogP contribution is -2.39. The predicted molar refractivity (Wildman–Crippen MR) is 129 cm³/mol. The van der Waals surface area contributed by atoms with E-state index in [1.807, 2.05) is 30.3 Å². The number of carbonyl (C=O) groups excluding carboxylic acids is 1. The molecule has 2 atom stereocenters. The number of carbonyl (C=O) groups is 1. The number of benzene rings is 2. The number of hydrogen-bond acceptors (Lipinski definition) is 5. The number of nitrogens with zero attached hydrogens (tertiary/aromatic N) is 2. The van der Waals surface area contributed by atoms with E-state index in [2.05, 4.69) is 4.90 Å². The highest BCUT2D eigenvalue weighted by atomic mass is 35.5. The van der Waals surface area contributed by atoms with Gasteiger partial charge in [-0.15, -0.1) is 0 Å². The van der Waals surface area contributed by atoms with Gasteiger partial charge in [0, 0.05) is 11.6 Å². The van der Waals surface area contributed by atoms with Crippen LogP contribution in [-0.2, 0) is 0 Å². The van der Waals surface area contributed by atoms with Gasteiger partial charge in [-0.25, -0.2) is 0 Å². The molecule has 0 bridgehead atoms. The van der Waals surface area contributed by atoms with Gasteiger partial charge in [0.1, 0.15) is 11.3 Å². The van der Waals surface area contributed by atoms with Gasteiger partial charge in [-0.05, 0) is 67.9 Å². The van der Waals surface area contributed by atoms with Crippen molar-refractivity contribution < 1.29 is 13.6 Å². The van der Waals surface area contributed by atoms with Crippen LogP contribution in [0.5, 0.6) is 0 Å². The molecule has 172 valence electrons. The summed E-state index contributed by atoms with van der Waals surface area (Å²) in [6.45, 7) is 2.23. The fourth-order valence-corrected chi connectivity index (χ4v) is 5.48. The predicted octanol–water partition coefficient (Wildman–Crippen LogP) is 5.42. The molecule has 0 unspecified atom stereocenters. The van der Waals surface area contributed by atoms with E-state index in [-0.39, 0.29) is 23.1 Å². The van der Waals surface area contributed by atoms with Gasteiger partial charge in [0.2, 0.25) is 5.76 Å². The molecule has 1 fully saturated rings. The monoisotopic (exact) mass is 474 g/mol. The van der Waals surface area contributed by atoms with Crippen LogP contribution in [0.3, 0.4) is 0 Å². The standard InChI is InChI=1S/C27H23ClN2O4/c28-18-8-5-7-17(15-18)24-23-25(31)19-9-1-2-10-21(19)34-26(23)27(32)30(24)16-20(22-11-6-14-33-22)29-12-3-4-13-29/h1-2,5-11,14-15,20,24H,3-4,12-13,16H2/t20-,24+/m0/s1. The Kier molecular flexibility index (Phi) is 5.27. The highest BCUT2D eigenvalue weighted by Crippen LogP contribution is 2.41. The van der Waals surface area contributed by atoms with E-state index in [0.29, 0.717) is 28.1 Å². The lowest BCUT2D eigenvalue weighted by Gasteiger charge is -2.33. The molecule has 0 N–H and O–H groups in total. The number of hydrogen-bond donors (Lipinski definition) is 0. The van der Waals surface area contributed by atoms with E-state index in [4.69, 9.17) is 20.4 Å². The number of amides is 1. The van der Waals surface area contributed by atoms with E-state index in [1.54, 1.807) is 41.5 Å². The normalized spacial score (nSPS) is 19.1. The summed E-state index contributed by atoms with van der Waals surface area (Å²) in [5.74, 6) is 0.617. The van der Waals surface area contributed by atoms with Crippen LogP contribution in [0.1, 0.15) is 52.4 Å². The Labute approximate surface area is 201 Å².